The Labute approximate surface area is 121 Å². The molecule has 2 heteroatoms. The Morgan fingerprint density at radius 1 is 1.20 bits per heavy atom. The normalized spacial score (nSPS) is 34.5. The minimum Gasteiger partial charge on any atom is -0.508 e. The van der Waals surface area contributed by atoms with Gasteiger partial charge in [-0.15, -0.1) is 0 Å². The van der Waals surface area contributed by atoms with E-state index in [2.05, 4.69) is 39.0 Å². The number of allylic oxidation sites excluding steroid dienone is 1. The van der Waals surface area contributed by atoms with Crippen LogP contribution in [0.4, 0.5) is 0 Å². The number of aliphatic hydroxyl groups is 1. The minimum atomic E-state index is -0.258. The number of rotatable bonds is 0. The lowest BCUT2D eigenvalue weighted by Gasteiger charge is -2.54. The van der Waals surface area contributed by atoms with Crippen molar-refractivity contribution in [2.45, 2.75) is 52.1 Å². The van der Waals surface area contributed by atoms with E-state index in [0.29, 0.717) is 11.7 Å². The summed E-state index contributed by atoms with van der Waals surface area (Å²) in [6.45, 7) is 8.53. The molecule has 2 aliphatic carbocycles. The van der Waals surface area contributed by atoms with Crippen LogP contribution in [0, 0.1) is 18.3 Å². The predicted molar refractivity (Wildman–Crippen MR) is 81.7 cm³/mol. The quantitative estimate of drug-likeness (QED) is 0.754. The third kappa shape index (κ3) is 1.67. The van der Waals surface area contributed by atoms with Crippen molar-refractivity contribution in [1.29, 1.82) is 0 Å². The van der Waals surface area contributed by atoms with Crippen molar-refractivity contribution in [3.63, 3.8) is 0 Å². The second-order valence-corrected chi connectivity index (χ2v) is 7.36. The molecule has 0 aromatic heterocycles. The number of aryl methyl sites for hydroxylation is 1. The van der Waals surface area contributed by atoms with E-state index in [9.17, 15) is 10.2 Å². The Morgan fingerprint density at radius 3 is 2.60 bits per heavy atom. The molecule has 0 amide bonds. The van der Waals surface area contributed by atoms with Gasteiger partial charge in [0.2, 0.25) is 0 Å². The van der Waals surface area contributed by atoms with Crippen molar-refractivity contribution < 1.29 is 10.2 Å². The molecule has 3 atom stereocenters. The van der Waals surface area contributed by atoms with E-state index in [1.807, 2.05) is 13.0 Å². The molecule has 0 bridgehead atoms. The van der Waals surface area contributed by atoms with Crippen LogP contribution in [0.3, 0.4) is 0 Å². The van der Waals surface area contributed by atoms with Gasteiger partial charge in [-0.3, -0.25) is 0 Å². The Kier molecular flexibility index (Phi) is 2.81. The second kappa shape index (κ2) is 4.11. The van der Waals surface area contributed by atoms with Crippen LogP contribution >= 0.6 is 0 Å². The van der Waals surface area contributed by atoms with E-state index >= 15 is 0 Å². The van der Waals surface area contributed by atoms with Crippen molar-refractivity contribution in [2.75, 3.05) is 0 Å². The van der Waals surface area contributed by atoms with Crippen LogP contribution in [0.25, 0.3) is 6.08 Å². The van der Waals surface area contributed by atoms with E-state index in [1.165, 1.54) is 11.1 Å². The summed E-state index contributed by atoms with van der Waals surface area (Å²) in [6.07, 6.45) is 5.95. The van der Waals surface area contributed by atoms with Gasteiger partial charge < -0.3 is 10.2 Å². The first kappa shape index (κ1) is 13.7. The van der Waals surface area contributed by atoms with Crippen molar-refractivity contribution in [3.05, 3.63) is 34.9 Å². The van der Waals surface area contributed by atoms with E-state index in [4.69, 9.17) is 0 Å². The molecular weight excluding hydrogens is 248 g/mol. The van der Waals surface area contributed by atoms with Crippen molar-refractivity contribution in [3.8, 4) is 5.75 Å². The molecule has 1 unspecified atom stereocenters. The number of phenols is 1. The molecule has 1 saturated carbocycles. The predicted octanol–water partition coefficient (Wildman–Crippen LogP) is 3.78. The average molecular weight is 272 g/mol. The highest BCUT2D eigenvalue weighted by atomic mass is 16.3. The topological polar surface area (TPSA) is 40.5 Å². The van der Waals surface area contributed by atoms with Crippen molar-refractivity contribution in [1.82, 2.24) is 0 Å². The summed E-state index contributed by atoms with van der Waals surface area (Å²) in [7, 11) is 0. The minimum absolute atomic E-state index is 0.00199. The molecule has 2 N–H and O–H groups in total. The van der Waals surface area contributed by atoms with E-state index in [0.717, 1.165) is 18.4 Å². The largest absolute Gasteiger partial charge is 0.508 e. The molecule has 1 aromatic rings. The van der Waals surface area contributed by atoms with Crippen LogP contribution < -0.4 is 0 Å². The summed E-state index contributed by atoms with van der Waals surface area (Å²) >= 11 is 0. The summed E-state index contributed by atoms with van der Waals surface area (Å²) in [5, 5.41) is 20.4. The first-order valence-electron chi connectivity index (χ1n) is 7.47. The van der Waals surface area contributed by atoms with Gasteiger partial charge in [0.05, 0.1) is 6.10 Å². The highest BCUT2D eigenvalue weighted by molar-refractivity contribution is 5.64. The van der Waals surface area contributed by atoms with E-state index in [1.54, 1.807) is 0 Å². The molecule has 2 nitrogen and oxygen atoms in total. The highest BCUT2D eigenvalue weighted by Gasteiger charge is 2.52. The Balaban J connectivity index is 2.18. The van der Waals surface area contributed by atoms with Crippen LogP contribution in [0.2, 0.25) is 0 Å². The summed E-state index contributed by atoms with van der Waals surface area (Å²) in [5.74, 6) is 0.677. The maximum atomic E-state index is 10.4. The number of phenolic OH excluding ortho intramolecular Hbond substituents is 1. The molecular formula is C18H24O2. The summed E-state index contributed by atoms with van der Waals surface area (Å²) in [6, 6.07) is 4.01. The fraction of sp³-hybridized carbons (Fsp3) is 0.556. The highest BCUT2D eigenvalue weighted by Crippen LogP contribution is 2.56. The van der Waals surface area contributed by atoms with Gasteiger partial charge in [-0.05, 0) is 59.9 Å². The van der Waals surface area contributed by atoms with Gasteiger partial charge in [-0.1, -0.05) is 32.9 Å². The number of aliphatic hydroxyl groups excluding tert-OH is 1. The van der Waals surface area contributed by atoms with Gasteiger partial charge in [-0.2, -0.15) is 0 Å². The zero-order chi connectivity index (χ0) is 14.7. The lowest BCUT2D eigenvalue weighted by Crippen LogP contribution is -2.52. The maximum Gasteiger partial charge on any atom is 0.118 e. The maximum absolute atomic E-state index is 10.4. The molecule has 0 spiro atoms. The Hall–Kier alpha value is -1.28. The zero-order valence-electron chi connectivity index (χ0n) is 12.8. The Morgan fingerprint density at radius 2 is 1.90 bits per heavy atom. The fourth-order valence-corrected chi connectivity index (χ4v) is 4.31. The molecule has 3 rings (SSSR count). The van der Waals surface area contributed by atoms with Gasteiger partial charge >= 0.3 is 0 Å². The van der Waals surface area contributed by atoms with Crippen molar-refractivity contribution in [2.24, 2.45) is 11.3 Å². The van der Waals surface area contributed by atoms with Crippen LogP contribution in [0.5, 0.6) is 5.75 Å². The van der Waals surface area contributed by atoms with Gasteiger partial charge in [-0.25, -0.2) is 0 Å². The van der Waals surface area contributed by atoms with E-state index in [-0.39, 0.29) is 16.9 Å². The summed E-state index contributed by atoms with van der Waals surface area (Å²) in [4.78, 5) is 0. The zero-order valence-corrected chi connectivity index (χ0v) is 12.8. The molecule has 0 aliphatic heterocycles. The smallest absolute Gasteiger partial charge is 0.118 e. The lowest BCUT2D eigenvalue weighted by atomic mass is 9.51. The first-order chi connectivity index (χ1) is 9.26. The lowest BCUT2D eigenvalue weighted by molar-refractivity contribution is -0.0482. The molecule has 20 heavy (non-hydrogen) atoms. The van der Waals surface area contributed by atoms with Crippen molar-refractivity contribution >= 4 is 6.08 Å². The number of fused-ring (bicyclic) bond motifs is 3. The van der Waals surface area contributed by atoms with Gasteiger partial charge in [0.25, 0.3) is 0 Å². The standard InChI is InChI=1S/C18H24O2/c1-11-9-12-5-6-15-17(2,3)16(20)7-8-18(15,4)13(12)10-14(11)19/h5-6,9-10,15-16,19-20H,7-8H2,1-4H3/t15?,16-,18+/m0/s1. The van der Waals surface area contributed by atoms with Gasteiger partial charge in [0, 0.05) is 5.41 Å². The Bertz CT molecular complexity index is 585. The number of hydrogen-bond acceptors (Lipinski definition) is 2. The SMILES string of the molecule is Cc1cc2c(cc1O)[C@@]1(C)CC[C@H](O)C(C)(C)C1C=C2. The van der Waals surface area contributed by atoms with Gasteiger partial charge in [0.15, 0.2) is 0 Å². The number of hydrogen-bond donors (Lipinski definition) is 2. The fourth-order valence-electron chi connectivity index (χ4n) is 4.31. The molecule has 2 aliphatic rings. The number of benzene rings is 1. The molecule has 1 aromatic carbocycles. The monoisotopic (exact) mass is 272 g/mol. The summed E-state index contributed by atoms with van der Waals surface area (Å²) in [5.41, 5.74) is 3.23. The molecule has 0 radical (unpaired) electrons. The third-order valence-electron chi connectivity index (χ3n) is 5.74. The van der Waals surface area contributed by atoms with E-state index < -0.39 is 0 Å². The van der Waals surface area contributed by atoms with Gasteiger partial charge in [0.1, 0.15) is 5.75 Å². The van der Waals surface area contributed by atoms with Crippen LogP contribution in [0.1, 0.15) is 50.3 Å². The third-order valence-corrected chi connectivity index (χ3v) is 5.74. The number of aromatic hydroxyl groups is 1. The van der Waals surface area contributed by atoms with Crippen LogP contribution in [0.15, 0.2) is 18.2 Å². The molecule has 0 heterocycles. The molecule has 108 valence electrons. The van der Waals surface area contributed by atoms with Crippen LogP contribution in [-0.4, -0.2) is 16.3 Å². The summed E-state index contributed by atoms with van der Waals surface area (Å²) < 4.78 is 0. The molecule has 0 saturated heterocycles. The second-order valence-electron chi connectivity index (χ2n) is 7.36. The van der Waals surface area contributed by atoms with Crippen LogP contribution in [-0.2, 0) is 5.41 Å². The first-order valence-corrected chi connectivity index (χ1v) is 7.47. The average Bonchev–Trinajstić information content (AvgIpc) is 2.37. The molecule has 1 fully saturated rings.